The number of allylic oxidation sites excluding steroid dienone is 1. The third kappa shape index (κ3) is 4.55. The molecule has 0 saturated carbocycles. The Morgan fingerprint density at radius 2 is 1.79 bits per heavy atom. The Morgan fingerprint density at radius 1 is 1.14 bits per heavy atom. The van der Waals surface area contributed by atoms with Crippen molar-refractivity contribution >= 4 is 32.8 Å². The number of hydrogen-bond donors (Lipinski definition) is 0. The van der Waals surface area contributed by atoms with Crippen LogP contribution in [0.3, 0.4) is 0 Å². The molecule has 0 unspecified atom stereocenters. The van der Waals surface area contributed by atoms with Crippen LogP contribution in [0.25, 0.3) is 5.57 Å². The summed E-state index contributed by atoms with van der Waals surface area (Å²) in [5.41, 5.74) is 1.68. The first kappa shape index (κ1) is 21.5. The third-order valence-corrected chi connectivity index (χ3v) is 8.16. The lowest BCUT2D eigenvalue weighted by atomic mass is 10.1. The van der Waals surface area contributed by atoms with Crippen LogP contribution in [0.5, 0.6) is 5.75 Å². The lowest BCUT2D eigenvalue weighted by Crippen LogP contribution is -2.50. The van der Waals surface area contributed by atoms with Crippen molar-refractivity contribution in [3.05, 3.63) is 51.7 Å². The molecule has 0 atom stereocenters. The number of sulfonamides is 1. The number of aryl methyl sites for hydroxylation is 2. The predicted molar refractivity (Wildman–Crippen MR) is 116 cm³/mol. The van der Waals surface area contributed by atoms with Gasteiger partial charge in [0.25, 0.3) is 0 Å². The van der Waals surface area contributed by atoms with Crippen molar-refractivity contribution in [3.63, 3.8) is 0 Å². The molecule has 0 bridgehead atoms. The molecule has 0 aliphatic carbocycles. The number of benzene rings is 1. The number of carbonyl (C=O) groups excluding carboxylic acids is 1. The van der Waals surface area contributed by atoms with Crippen molar-refractivity contribution < 1.29 is 17.9 Å². The smallest absolute Gasteiger partial charge is 0.246 e. The van der Waals surface area contributed by atoms with Gasteiger partial charge in [0.15, 0.2) is 0 Å². The van der Waals surface area contributed by atoms with Crippen molar-refractivity contribution in [1.29, 1.82) is 0 Å². The second-order valence-electron chi connectivity index (χ2n) is 7.03. The Balaban J connectivity index is 1.69. The highest BCUT2D eigenvalue weighted by molar-refractivity contribution is 7.89. The normalized spacial score (nSPS) is 16.1. The molecule has 1 fully saturated rings. The van der Waals surface area contributed by atoms with Gasteiger partial charge in [0.2, 0.25) is 15.9 Å². The molecule has 156 valence electrons. The van der Waals surface area contributed by atoms with E-state index in [1.54, 1.807) is 24.2 Å². The molecule has 1 amide bonds. The summed E-state index contributed by atoms with van der Waals surface area (Å²) in [5.74, 6) is 0.597. The number of rotatable bonds is 5. The van der Waals surface area contributed by atoms with Crippen LogP contribution in [0.4, 0.5) is 0 Å². The van der Waals surface area contributed by atoms with Crippen LogP contribution in [-0.4, -0.2) is 56.8 Å². The van der Waals surface area contributed by atoms with Gasteiger partial charge in [0.05, 0.1) is 12.0 Å². The van der Waals surface area contributed by atoms with E-state index in [0.29, 0.717) is 36.8 Å². The maximum atomic E-state index is 12.9. The number of amides is 1. The van der Waals surface area contributed by atoms with Gasteiger partial charge in [0.1, 0.15) is 5.75 Å². The number of piperazine rings is 1. The zero-order valence-electron chi connectivity index (χ0n) is 17.1. The van der Waals surface area contributed by atoms with Crippen molar-refractivity contribution in [2.24, 2.45) is 0 Å². The zero-order chi connectivity index (χ0) is 21.2. The second kappa shape index (κ2) is 8.69. The Hall–Kier alpha value is -2.16. The van der Waals surface area contributed by atoms with Crippen LogP contribution in [-0.2, 0) is 14.8 Å². The number of thiophene rings is 1. The molecule has 8 heteroatoms. The molecule has 0 N–H and O–H groups in total. The average molecular weight is 435 g/mol. The molecule has 6 nitrogen and oxygen atoms in total. The summed E-state index contributed by atoms with van der Waals surface area (Å²) in [6.07, 6.45) is 1.59. The van der Waals surface area contributed by atoms with Crippen molar-refractivity contribution in [2.45, 2.75) is 25.7 Å². The fourth-order valence-electron chi connectivity index (χ4n) is 3.48. The maximum Gasteiger partial charge on any atom is 0.246 e. The van der Waals surface area contributed by atoms with Gasteiger partial charge >= 0.3 is 0 Å². The summed E-state index contributed by atoms with van der Waals surface area (Å²) in [5, 5.41) is 0. The highest BCUT2D eigenvalue weighted by Gasteiger charge is 2.31. The van der Waals surface area contributed by atoms with Crippen LogP contribution in [0, 0.1) is 13.8 Å². The molecule has 0 spiro atoms. The molecule has 1 aliphatic rings. The van der Waals surface area contributed by atoms with E-state index in [2.05, 4.69) is 0 Å². The second-order valence-corrected chi connectivity index (χ2v) is 10.4. The summed E-state index contributed by atoms with van der Waals surface area (Å²) in [6, 6.07) is 9.28. The SMILES string of the molecule is COc1ccccc1C(C)=CC(=O)N1CCN(S(=O)(=O)c2cc(C)sc2C)CC1. The Kier molecular flexibility index (Phi) is 6.45. The number of hydrogen-bond acceptors (Lipinski definition) is 5. The van der Waals surface area contributed by atoms with Crippen molar-refractivity contribution in [2.75, 3.05) is 33.3 Å². The third-order valence-electron chi connectivity index (χ3n) is 5.04. The van der Waals surface area contributed by atoms with Gasteiger partial charge < -0.3 is 9.64 Å². The number of nitrogens with zero attached hydrogens (tertiary/aromatic N) is 2. The summed E-state index contributed by atoms with van der Waals surface area (Å²) in [7, 11) is -1.92. The first-order valence-corrected chi connectivity index (χ1v) is 11.7. The van der Waals surface area contributed by atoms with E-state index in [0.717, 1.165) is 20.9 Å². The quantitative estimate of drug-likeness (QED) is 0.677. The summed E-state index contributed by atoms with van der Waals surface area (Å²) in [6.45, 7) is 6.94. The molecule has 1 saturated heterocycles. The Bertz CT molecular complexity index is 1030. The zero-order valence-corrected chi connectivity index (χ0v) is 18.8. The number of ether oxygens (including phenoxy) is 1. The predicted octanol–water partition coefficient (Wildman–Crippen LogP) is 3.31. The molecule has 1 aromatic carbocycles. The van der Waals surface area contributed by atoms with E-state index < -0.39 is 10.0 Å². The van der Waals surface area contributed by atoms with E-state index in [9.17, 15) is 13.2 Å². The first-order valence-electron chi connectivity index (χ1n) is 9.42. The van der Waals surface area contributed by atoms with Gasteiger partial charge in [-0.3, -0.25) is 4.79 Å². The minimum atomic E-state index is -3.52. The summed E-state index contributed by atoms with van der Waals surface area (Å²) < 4.78 is 32.7. The number of para-hydroxylation sites is 1. The van der Waals surface area contributed by atoms with E-state index in [-0.39, 0.29) is 5.91 Å². The van der Waals surface area contributed by atoms with Crippen LogP contribution >= 0.6 is 11.3 Å². The van der Waals surface area contributed by atoms with Gasteiger partial charge in [-0.05, 0) is 38.5 Å². The van der Waals surface area contributed by atoms with Crippen molar-refractivity contribution in [1.82, 2.24) is 9.21 Å². The molecular weight excluding hydrogens is 408 g/mol. The topological polar surface area (TPSA) is 66.9 Å². The molecule has 2 heterocycles. The largest absolute Gasteiger partial charge is 0.496 e. The highest BCUT2D eigenvalue weighted by atomic mass is 32.2. The molecule has 3 rings (SSSR count). The van der Waals surface area contributed by atoms with Crippen LogP contribution in [0.15, 0.2) is 41.3 Å². The number of carbonyl (C=O) groups is 1. The minimum Gasteiger partial charge on any atom is -0.496 e. The van der Waals surface area contributed by atoms with Crippen molar-refractivity contribution in [3.8, 4) is 5.75 Å². The van der Waals surface area contributed by atoms with Gasteiger partial charge in [-0.15, -0.1) is 11.3 Å². The fraction of sp³-hybridized carbons (Fsp3) is 0.381. The Morgan fingerprint density at radius 3 is 2.38 bits per heavy atom. The lowest BCUT2D eigenvalue weighted by molar-refractivity contribution is -0.127. The van der Waals surface area contributed by atoms with E-state index in [4.69, 9.17) is 4.74 Å². The fourth-order valence-corrected chi connectivity index (χ4v) is 6.42. The summed E-state index contributed by atoms with van der Waals surface area (Å²) in [4.78, 5) is 16.6. The average Bonchev–Trinajstić information content (AvgIpc) is 3.06. The van der Waals surface area contributed by atoms with E-state index >= 15 is 0 Å². The lowest BCUT2D eigenvalue weighted by Gasteiger charge is -2.33. The van der Waals surface area contributed by atoms with Gasteiger partial charge in [0, 0.05) is 47.6 Å². The number of methoxy groups -OCH3 is 1. The maximum absolute atomic E-state index is 12.9. The summed E-state index contributed by atoms with van der Waals surface area (Å²) >= 11 is 1.48. The molecule has 1 aromatic heterocycles. The first-order chi connectivity index (χ1) is 13.7. The molecular formula is C21H26N2O4S2. The minimum absolute atomic E-state index is 0.118. The van der Waals surface area contributed by atoms with Gasteiger partial charge in [-0.2, -0.15) is 4.31 Å². The molecule has 2 aromatic rings. The van der Waals surface area contributed by atoms with E-state index in [1.807, 2.05) is 45.0 Å². The molecule has 1 aliphatic heterocycles. The van der Waals surface area contributed by atoms with Crippen LogP contribution in [0.1, 0.15) is 22.2 Å². The molecule has 0 radical (unpaired) electrons. The van der Waals surface area contributed by atoms with Crippen LogP contribution in [0.2, 0.25) is 0 Å². The van der Waals surface area contributed by atoms with Crippen LogP contribution < -0.4 is 4.74 Å². The van der Waals surface area contributed by atoms with E-state index in [1.165, 1.54) is 15.6 Å². The monoisotopic (exact) mass is 434 g/mol. The van der Waals surface area contributed by atoms with Gasteiger partial charge in [-0.25, -0.2) is 8.42 Å². The van der Waals surface area contributed by atoms with Gasteiger partial charge in [-0.1, -0.05) is 18.2 Å². The molecule has 29 heavy (non-hydrogen) atoms. The Labute approximate surface area is 176 Å². The highest BCUT2D eigenvalue weighted by Crippen LogP contribution is 2.29. The standard InChI is InChI=1S/C21H26N2O4S2/c1-15(18-7-5-6-8-19(18)27-4)13-21(24)22-9-11-23(12-10-22)29(25,26)20-14-16(2)28-17(20)3/h5-8,13-14H,9-12H2,1-4H3.